The zero-order valence-electron chi connectivity index (χ0n) is 18.8. The maximum absolute atomic E-state index is 12.9. The molecule has 5 aromatic rings. The van der Waals surface area contributed by atoms with Gasteiger partial charge in [0.2, 0.25) is 0 Å². The minimum Gasteiger partial charge on any atom is -0.393 e. The van der Waals surface area contributed by atoms with E-state index in [9.17, 15) is 4.79 Å². The largest absolute Gasteiger partial charge is 0.393 e. The first-order valence-corrected chi connectivity index (χ1v) is 11.1. The van der Waals surface area contributed by atoms with Gasteiger partial charge in [0.1, 0.15) is 17.8 Å². The number of nitrogens with two attached hydrogens (primary N) is 1. The van der Waals surface area contributed by atoms with Crippen LogP contribution in [-0.2, 0) is 6.54 Å². The number of hydrazine groups is 1. The van der Waals surface area contributed by atoms with Crippen LogP contribution in [0.5, 0.6) is 0 Å². The van der Waals surface area contributed by atoms with E-state index in [2.05, 4.69) is 25.8 Å². The summed E-state index contributed by atoms with van der Waals surface area (Å²) in [6, 6.07) is 28.9. The molecule has 8 nitrogen and oxygen atoms in total. The molecule has 0 aliphatic rings. The fraction of sp³-hybridized carbons (Fsp3) is 0.0370. The Hall–Kier alpha value is -4.98. The predicted octanol–water partition coefficient (Wildman–Crippen LogP) is 4.70. The Balaban J connectivity index is 1.42. The molecule has 0 aliphatic heterocycles. The quantitative estimate of drug-likeness (QED) is 0.301. The second-order valence-electron chi connectivity index (χ2n) is 7.83. The summed E-state index contributed by atoms with van der Waals surface area (Å²) in [4.78, 5) is 28.0. The summed E-state index contributed by atoms with van der Waals surface area (Å²) in [6.07, 6.45) is 3.12. The zero-order valence-corrected chi connectivity index (χ0v) is 18.8. The van der Waals surface area contributed by atoms with E-state index in [1.165, 1.54) is 6.33 Å². The molecule has 35 heavy (non-hydrogen) atoms. The molecule has 0 unspecified atom stereocenters. The Kier molecular flexibility index (Phi) is 6.17. The lowest BCUT2D eigenvalue weighted by atomic mass is 10.0. The number of carbonyl (C=O) groups excluding carboxylic acids is 1. The molecule has 172 valence electrons. The van der Waals surface area contributed by atoms with Gasteiger partial charge < -0.3 is 10.6 Å². The molecule has 3 aromatic carbocycles. The summed E-state index contributed by atoms with van der Waals surface area (Å²) in [5.74, 6) is 1.15. The van der Waals surface area contributed by atoms with Gasteiger partial charge in [-0.2, -0.15) is 0 Å². The molecule has 0 aliphatic carbocycles. The van der Waals surface area contributed by atoms with Gasteiger partial charge in [-0.25, -0.2) is 15.0 Å². The van der Waals surface area contributed by atoms with Crippen LogP contribution in [0, 0.1) is 0 Å². The van der Waals surface area contributed by atoms with Gasteiger partial charge in [-0.3, -0.25) is 15.6 Å². The summed E-state index contributed by atoms with van der Waals surface area (Å²) in [5.41, 5.74) is 14.0. The van der Waals surface area contributed by atoms with Crippen LogP contribution in [0.3, 0.4) is 0 Å². The van der Waals surface area contributed by atoms with E-state index in [0.717, 1.165) is 16.3 Å². The van der Waals surface area contributed by atoms with E-state index in [1.54, 1.807) is 12.3 Å². The number of nitrogen functional groups attached to an aromatic ring is 1. The number of nitrogens with one attached hydrogen (secondary N) is 2. The van der Waals surface area contributed by atoms with E-state index in [0.29, 0.717) is 23.7 Å². The first-order chi connectivity index (χ1) is 17.2. The van der Waals surface area contributed by atoms with Gasteiger partial charge in [0, 0.05) is 11.8 Å². The minimum absolute atomic E-state index is 0.285. The van der Waals surface area contributed by atoms with Crippen LogP contribution in [0.4, 0.5) is 23.1 Å². The average Bonchev–Trinajstić information content (AvgIpc) is 2.92. The molecular weight excluding hydrogens is 438 g/mol. The second-order valence-corrected chi connectivity index (χ2v) is 7.83. The Morgan fingerprint density at radius 2 is 1.60 bits per heavy atom. The molecule has 2 aromatic heterocycles. The van der Waals surface area contributed by atoms with Gasteiger partial charge in [0.25, 0.3) is 5.91 Å². The van der Waals surface area contributed by atoms with Crippen molar-refractivity contribution < 1.29 is 4.79 Å². The molecule has 0 bridgehead atoms. The minimum atomic E-state index is -0.299. The number of aromatic nitrogens is 3. The number of amides is 1. The van der Waals surface area contributed by atoms with Crippen LogP contribution in [0.1, 0.15) is 15.9 Å². The standard InChI is InChI=1S/C27H23N7O/c28-24-25(32-33-27(35)22-14-8-12-20-11-4-5-13-21(20)22)30-18-31-26(24)34(23-15-6-7-16-29-23)17-19-9-2-1-3-10-19/h1-16,18H,17,28H2,(H,33,35)(H,30,31,32). The lowest BCUT2D eigenvalue weighted by molar-refractivity contribution is 0.0964. The Labute approximate surface area is 202 Å². The van der Waals surface area contributed by atoms with Crippen molar-refractivity contribution in [1.29, 1.82) is 0 Å². The van der Waals surface area contributed by atoms with E-state index in [1.807, 2.05) is 89.8 Å². The Morgan fingerprint density at radius 1 is 0.829 bits per heavy atom. The van der Waals surface area contributed by atoms with Crippen LogP contribution in [0.25, 0.3) is 10.8 Å². The lowest BCUT2D eigenvalue weighted by Crippen LogP contribution is -2.31. The van der Waals surface area contributed by atoms with Crippen LogP contribution < -0.4 is 21.5 Å². The van der Waals surface area contributed by atoms with Crippen LogP contribution in [-0.4, -0.2) is 20.9 Å². The van der Waals surface area contributed by atoms with Crippen molar-refractivity contribution in [3.63, 3.8) is 0 Å². The molecule has 0 fully saturated rings. The number of rotatable bonds is 7. The van der Waals surface area contributed by atoms with Crippen LogP contribution in [0.2, 0.25) is 0 Å². The number of pyridine rings is 1. The van der Waals surface area contributed by atoms with Crippen molar-refractivity contribution in [3.05, 3.63) is 115 Å². The molecule has 0 radical (unpaired) electrons. The van der Waals surface area contributed by atoms with E-state index in [4.69, 9.17) is 5.73 Å². The maximum atomic E-state index is 12.9. The first-order valence-electron chi connectivity index (χ1n) is 11.1. The highest BCUT2D eigenvalue weighted by Crippen LogP contribution is 2.32. The highest BCUT2D eigenvalue weighted by atomic mass is 16.2. The number of fused-ring (bicyclic) bond motifs is 1. The summed E-state index contributed by atoms with van der Waals surface area (Å²) >= 11 is 0. The molecule has 8 heteroatoms. The smallest absolute Gasteiger partial charge is 0.270 e. The number of carbonyl (C=O) groups is 1. The van der Waals surface area contributed by atoms with Gasteiger partial charge in [0.05, 0.1) is 6.54 Å². The summed E-state index contributed by atoms with van der Waals surface area (Å²) in [7, 11) is 0. The molecule has 0 spiro atoms. The monoisotopic (exact) mass is 461 g/mol. The Morgan fingerprint density at radius 3 is 2.43 bits per heavy atom. The molecular formula is C27H23N7O. The highest BCUT2D eigenvalue weighted by molar-refractivity contribution is 6.07. The van der Waals surface area contributed by atoms with Crippen molar-refractivity contribution in [3.8, 4) is 0 Å². The summed E-state index contributed by atoms with van der Waals surface area (Å²) < 4.78 is 0. The number of hydrogen-bond donors (Lipinski definition) is 3. The Bertz CT molecular complexity index is 1450. The maximum Gasteiger partial charge on any atom is 0.270 e. The molecule has 4 N–H and O–H groups in total. The van der Waals surface area contributed by atoms with Crippen molar-refractivity contribution in [2.45, 2.75) is 6.54 Å². The molecule has 0 saturated carbocycles. The number of benzene rings is 3. The van der Waals surface area contributed by atoms with Crippen molar-refractivity contribution in [2.24, 2.45) is 0 Å². The third-order valence-corrected chi connectivity index (χ3v) is 5.56. The van der Waals surface area contributed by atoms with E-state index >= 15 is 0 Å². The third kappa shape index (κ3) is 4.72. The normalized spacial score (nSPS) is 10.6. The third-order valence-electron chi connectivity index (χ3n) is 5.56. The highest BCUT2D eigenvalue weighted by Gasteiger charge is 2.19. The number of hydrogen-bond acceptors (Lipinski definition) is 7. The molecule has 0 atom stereocenters. The first kappa shape index (κ1) is 21.8. The predicted molar refractivity (Wildman–Crippen MR) is 138 cm³/mol. The number of anilines is 4. The number of nitrogens with zero attached hydrogens (tertiary/aromatic N) is 4. The molecule has 0 saturated heterocycles. The van der Waals surface area contributed by atoms with Crippen LogP contribution in [0.15, 0.2) is 104 Å². The van der Waals surface area contributed by atoms with Gasteiger partial charge in [-0.15, -0.1) is 0 Å². The fourth-order valence-corrected chi connectivity index (χ4v) is 3.85. The second kappa shape index (κ2) is 9.88. The van der Waals surface area contributed by atoms with E-state index in [-0.39, 0.29) is 17.4 Å². The average molecular weight is 462 g/mol. The van der Waals surface area contributed by atoms with Gasteiger partial charge in [0.15, 0.2) is 11.6 Å². The van der Waals surface area contributed by atoms with Crippen molar-refractivity contribution >= 4 is 39.8 Å². The lowest BCUT2D eigenvalue weighted by Gasteiger charge is -2.25. The van der Waals surface area contributed by atoms with Gasteiger partial charge in [-0.05, 0) is 34.5 Å². The fourth-order valence-electron chi connectivity index (χ4n) is 3.85. The molecule has 2 heterocycles. The van der Waals surface area contributed by atoms with Crippen molar-refractivity contribution in [2.75, 3.05) is 16.1 Å². The summed E-state index contributed by atoms with van der Waals surface area (Å²) in [5, 5.41) is 1.84. The zero-order chi connectivity index (χ0) is 24.0. The summed E-state index contributed by atoms with van der Waals surface area (Å²) in [6.45, 7) is 0.501. The van der Waals surface area contributed by atoms with Gasteiger partial charge >= 0.3 is 0 Å². The van der Waals surface area contributed by atoms with E-state index < -0.39 is 0 Å². The van der Waals surface area contributed by atoms with Crippen LogP contribution >= 0.6 is 0 Å². The topological polar surface area (TPSA) is 109 Å². The van der Waals surface area contributed by atoms with Gasteiger partial charge in [-0.1, -0.05) is 72.8 Å². The SMILES string of the molecule is Nc1c(NNC(=O)c2cccc3ccccc23)ncnc1N(Cc1ccccc1)c1ccccn1. The molecule has 1 amide bonds. The van der Waals surface area contributed by atoms with Crippen molar-refractivity contribution in [1.82, 2.24) is 20.4 Å². The molecule has 5 rings (SSSR count).